The maximum Gasteiger partial charge on any atom is 0.416 e. The lowest BCUT2D eigenvalue weighted by atomic mass is 9.70. The monoisotopic (exact) mass is 441 g/mol. The summed E-state index contributed by atoms with van der Waals surface area (Å²) in [5, 5.41) is 0.717. The Bertz CT molecular complexity index is 1160. The second kappa shape index (κ2) is 8.23. The van der Waals surface area contributed by atoms with Crippen molar-refractivity contribution in [1.82, 2.24) is 4.98 Å². The molecule has 1 aromatic heterocycles. The summed E-state index contributed by atoms with van der Waals surface area (Å²) in [7, 11) is 0. The van der Waals surface area contributed by atoms with E-state index < -0.39 is 17.7 Å². The van der Waals surface area contributed by atoms with Crippen LogP contribution in [0.3, 0.4) is 0 Å². The summed E-state index contributed by atoms with van der Waals surface area (Å²) in [6.45, 7) is 6.37. The summed E-state index contributed by atoms with van der Waals surface area (Å²) in [5.74, 6) is -0.125. The topological polar surface area (TPSA) is 39.2 Å². The fourth-order valence-corrected chi connectivity index (χ4v) is 4.42. The molecule has 168 valence electrons. The molecule has 0 saturated heterocycles. The predicted octanol–water partition coefficient (Wildman–Crippen LogP) is 6.76. The van der Waals surface area contributed by atoms with Crippen LogP contribution in [0, 0.1) is 11.3 Å². The Morgan fingerprint density at radius 2 is 1.84 bits per heavy atom. The van der Waals surface area contributed by atoms with E-state index in [1.54, 1.807) is 0 Å². The molecule has 1 aliphatic carbocycles. The van der Waals surface area contributed by atoms with Crippen molar-refractivity contribution in [2.75, 3.05) is 0 Å². The number of aromatic nitrogens is 1. The summed E-state index contributed by atoms with van der Waals surface area (Å²) in [6, 6.07) is 12.3. The van der Waals surface area contributed by atoms with Crippen LogP contribution in [0.2, 0.25) is 0 Å². The van der Waals surface area contributed by atoms with Crippen molar-refractivity contribution >= 4 is 16.9 Å². The molecule has 4 rings (SSSR count). The molecule has 0 radical (unpaired) electrons. The van der Waals surface area contributed by atoms with Crippen LogP contribution in [0.1, 0.15) is 59.9 Å². The zero-order valence-corrected chi connectivity index (χ0v) is 18.4. The molecule has 2 aromatic carbocycles. The van der Waals surface area contributed by atoms with Crippen LogP contribution in [-0.4, -0.2) is 11.0 Å². The van der Waals surface area contributed by atoms with Gasteiger partial charge in [0.15, 0.2) is 0 Å². The molecular formula is C26H26F3NO2. The van der Waals surface area contributed by atoms with Crippen LogP contribution in [0.15, 0.2) is 48.5 Å². The molecule has 0 aliphatic heterocycles. The number of halogens is 3. The molecule has 0 saturated carbocycles. The van der Waals surface area contributed by atoms with Crippen molar-refractivity contribution in [3.8, 4) is 0 Å². The van der Waals surface area contributed by atoms with E-state index >= 15 is 0 Å². The van der Waals surface area contributed by atoms with Gasteiger partial charge in [-0.15, -0.1) is 0 Å². The molecular weight excluding hydrogens is 415 g/mol. The minimum absolute atomic E-state index is 0.0859. The molecule has 6 heteroatoms. The Hall–Kier alpha value is -2.89. The number of fused-ring (bicyclic) bond motifs is 2. The van der Waals surface area contributed by atoms with Gasteiger partial charge in [-0.05, 0) is 59.9 Å². The van der Waals surface area contributed by atoms with Gasteiger partial charge >= 0.3 is 12.1 Å². The van der Waals surface area contributed by atoms with Crippen LogP contribution in [0.4, 0.5) is 13.2 Å². The molecule has 32 heavy (non-hydrogen) atoms. The molecule has 0 bridgehead atoms. The van der Waals surface area contributed by atoms with Crippen molar-refractivity contribution in [2.45, 2.75) is 52.8 Å². The minimum Gasteiger partial charge on any atom is -0.457 e. The number of rotatable bonds is 3. The number of benzene rings is 2. The Morgan fingerprint density at radius 1 is 1.09 bits per heavy atom. The molecule has 1 unspecified atom stereocenters. The third kappa shape index (κ3) is 4.50. The van der Waals surface area contributed by atoms with E-state index in [1.165, 1.54) is 12.1 Å². The van der Waals surface area contributed by atoms with Gasteiger partial charge in [0.05, 0.1) is 16.6 Å². The molecule has 0 N–H and O–H groups in total. The predicted molar refractivity (Wildman–Crippen MR) is 117 cm³/mol. The molecule has 0 amide bonds. The van der Waals surface area contributed by atoms with Gasteiger partial charge in [0.2, 0.25) is 0 Å². The highest BCUT2D eigenvalue weighted by Gasteiger charge is 2.33. The number of ether oxygens (including phenoxy) is 1. The van der Waals surface area contributed by atoms with E-state index in [0.29, 0.717) is 17.0 Å². The molecule has 3 aromatic rings. The van der Waals surface area contributed by atoms with E-state index in [4.69, 9.17) is 9.72 Å². The molecule has 3 nitrogen and oxygen atoms in total. The Balaban J connectivity index is 1.68. The summed E-state index contributed by atoms with van der Waals surface area (Å²) in [5.41, 5.74) is 2.67. The number of carbonyl (C=O) groups is 1. The number of pyridine rings is 1. The second-order valence-corrected chi connectivity index (χ2v) is 9.51. The highest BCUT2D eigenvalue weighted by Crippen LogP contribution is 2.39. The van der Waals surface area contributed by atoms with Gasteiger partial charge < -0.3 is 4.74 Å². The maximum atomic E-state index is 13.3. The largest absolute Gasteiger partial charge is 0.457 e. The van der Waals surface area contributed by atoms with E-state index in [9.17, 15) is 18.0 Å². The van der Waals surface area contributed by atoms with Crippen molar-refractivity contribution in [3.63, 3.8) is 0 Å². The molecule has 0 fully saturated rings. The Labute approximate surface area is 185 Å². The van der Waals surface area contributed by atoms with Gasteiger partial charge in [-0.1, -0.05) is 51.1 Å². The minimum atomic E-state index is -4.44. The van der Waals surface area contributed by atoms with Crippen LogP contribution < -0.4 is 0 Å². The van der Waals surface area contributed by atoms with Crippen LogP contribution in [0.5, 0.6) is 0 Å². The lowest BCUT2D eigenvalue weighted by molar-refractivity contribution is -0.137. The van der Waals surface area contributed by atoms with E-state index in [1.807, 2.05) is 24.3 Å². The SMILES string of the molecule is CC(C)(C)C1CCc2nc3ccccc3c(C(=O)OCc3cccc(C(F)(F)F)c3)c2C1. The lowest BCUT2D eigenvalue weighted by Crippen LogP contribution is -2.29. The number of hydrogen-bond donors (Lipinski definition) is 0. The Morgan fingerprint density at radius 3 is 2.56 bits per heavy atom. The van der Waals surface area contributed by atoms with Crippen molar-refractivity contribution in [1.29, 1.82) is 0 Å². The third-order valence-electron chi connectivity index (χ3n) is 6.31. The molecule has 0 spiro atoms. The highest BCUT2D eigenvalue weighted by molar-refractivity contribution is 6.05. The van der Waals surface area contributed by atoms with Gasteiger partial charge in [0.1, 0.15) is 6.61 Å². The van der Waals surface area contributed by atoms with Gasteiger partial charge in [-0.2, -0.15) is 13.2 Å². The fourth-order valence-electron chi connectivity index (χ4n) is 4.42. The number of carbonyl (C=O) groups excluding carboxylic acids is 1. The van der Waals surface area contributed by atoms with Crippen LogP contribution in [-0.2, 0) is 30.4 Å². The number of para-hydroxylation sites is 1. The van der Waals surface area contributed by atoms with Gasteiger partial charge in [0, 0.05) is 11.1 Å². The summed E-state index contributed by atoms with van der Waals surface area (Å²) >= 11 is 0. The standard InChI is InChI=1S/C26H26F3NO2/c1-25(2,3)17-11-12-22-20(14-17)23(19-9-4-5-10-21(19)30-22)24(31)32-15-16-7-6-8-18(13-16)26(27,28)29/h4-10,13,17H,11-12,14-15H2,1-3H3. The summed E-state index contributed by atoms with van der Waals surface area (Å²) in [6.07, 6.45) is -1.93. The first-order valence-electron chi connectivity index (χ1n) is 10.8. The molecule has 1 heterocycles. The second-order valence-electron chi connectivity index (χ2n) is 9.51. The number of esters is 1. The number of aryl methyl sites for hydroxylation is 1. The lowest BCUT2D eigenvalue weighted by Gasteiger charge is -2.35. The molecule has 1 aliphatic rings. The first kappa shape index (κ1) is 22.3. The van der Waals surface area contributed by atoms with Crippen LogP contribution >= 0.6 is 0 Å². The van der Waals surface area contributed by atoms with Gasteiger partial charge in [-0.25, -0.2) is 4.79 Å². The van der Waals surface area contributed by atoms with Crippen molar-refractivity contribution in [3.05, 3.63) is 76.5 Å². The van der Waals surface area contributed by atoms with Crippen LogP contribution in [0.25, 0.3) is 10.9 Å². The van der Waals surface area contributed by atoms with Crippen molar-refractivity contribution < 1.29 is 22.7 Å². The third-order valence-corrected chi connectivity index (χ3v) is 6.31. The number of nitrogens with zero attached hydrogens (tertiary/aromatic N) is 1. The summed E-state index contributed by atoms with van der Waals surface area (Å²) < 4.78 is 44.6. The zero-order valence-electron chi connectivity index (χ0n) is 18.4. The van der Waals surface area contributed by atoms with E-state index in [0.717, 1.165) is 53.6 Å². The van der Waals surface area contributed by atoms with E-state index in [2.05, 4.69) is 20.8 Å². The quantitative estimate of drug-likeness (QED) is 0.422. The summed E-state index contributed by atoms with van der Waals surface area (Å²) in [4.78, 5) is 18.1. The fraction of sp³-hybridized carbons (Fsp3) is 0.385. The Kier molecular flexibility index (Phi) is 5.74. The maximum absolute atomic E-state index is 13.3. The van der Waals surface area contributed by atoms with E-state index in [-0.39, 0.29) is 12.0 Å². The first-order chi connectivity index (χ1) is 15.0. The van der Waals surface area contributed by atoms with Gasteiger partial charge in [-0.3, -0.25) is 4.98 Å². The number of alkyl halides is 3. The van der Waals surface area contributed by atoms with Gasteiger partial charge in [0.25, 0.3) is 0 Å². The molecule has 1 atom stereocenters. The normalized spacial score (nSPS) is 16.6. The average Bonchev–Trinajstić information content (AvgIpc) is 2.74. The zero-order chi connectivity index (χ0) is 23.1. The first-order valence-corrected chi connectivity index (χ1v) is 10.8. The highest BCUT2D eigenvalue weighted by atomic mass is 19.4. The van der Waals surface area contributed by atoms with Crippen molar-refractivity contribution in [2.24, 2.45) is 11.3 Å². The number of hydrogen-bond acceptors (Lipinski definition) is 3. The smallest absolute Gasteiger partial charge is 0.416 e. The average molecular weight is 441 g/mol.